The number of carbonyl (C=O) groups excluding carboxylic acids is 1. The first-order valence-electron chi connectivity index (χ1n) is 8.84. The molecular weight excluding hydrogens is 476 g/mol. The summed E-state index contributed by atoms with van der Waals surface area (Å²) in [5, 5.41) is 22.5. The van der Waals surface area contributed by atoms with Gasteiger partial charge in [-0.25, -0.2) is 13.4 Å². The topological polar surface area (TPSA) is 150 Å². The summed E-state index contributed by atoms with van der Waals surface area (Å²) in [6, 6.07) is 8.62. The lowest BCUT2D eigenvalue weighted by atomic mass is 10.2. The van der Waals surface area contributed by atoms with E-state index in [1.165, 1.54) is 36.7 Å². The minimum Gasteiger partial charge on any atom is -0.311 e. The predicted octanol–water partition coefficient (Wildman–Crippen LogP) is 3.14. The van der Waals surface area contributed by atoms with Gasteiger partial charge in [0.25, 0.3) is 11.6 Å². The fourth-order valence-corrected chi connectivity index (χ4v) is 5.18. The number of amides is 1. The van der Waals surface area contributed by atoms with Crippen molar-refractivity contribution in [2.75, 3.05) is 11.6 Å². The zero-order chi connectivity index (χ0) is 23.0. The van der Waals surface area contributed by atoms with Crippen LogP contribution in [0.25, 0.3) is 10.2 Å². The van der Waals surface area contributed by atoms with Crippen LogP contribution in [0.1, 0.15) is 10.4 Å². The number of nitro benzene ring substituents is 1. The summed E-state index contributed by atoms with van der Waals surface area (Å²) in [6.07, 6.45) is 2.59. The first kappa shape index (κ1) is 21.9. The van der Waals surface area contributed by atoms with Crippen molar-refractivity contribution in [2.24, 2.45) is 7.05 Å². The number of nitro groups is 1. The van der Waals surface area contributed by atoms with Crippen LogP contribution in [-0.2, 0) is 16.9 Å². The molecule has 2 heterocycles. The Hall–Kier alpha value is -3.36. The molecule has 1 amide bonds. The molecule has 0 atom stereocenters. The third-order valence-corrected chi connectivity index (χ3v) is 7.46. The van der Waals surface area contributed by atoms with Crippen molar-refractivity contribution in [2.45, 2.75) is 14.9 Å². The molecule has 0 bridgehead atoms. The molecule has 32 heavy (non-hydrogen) atoms. The van der Waals surface area contributed by atoms with E-state index in [-0.39, 0.29) is 21.3 Å². The largest absolute Gasteiger partial charge is 0.311 e. The van der Waals surface area contributed by atoms with Crippen molar-refractivity contribution in [3.8, 4) is 0 Å². The Morgan fingerprint density at radius 2 is 2.03 bits per heavy atom. The Bertz CT molecular complexity index is 1480. The van der Waals surface area contributed by atoms with Gasteiger partial charge < -0.3 is 4.57 Å². The van der Waals surface area contributed by atoms with Crippen molar-refractivity contribution in [3.05, 3.63) is 58.4 Å². The molecule has 4 rings (SSSR count). The Morgan fingerprint density at radius 3 is 2.69 bits per heavy atom. The summed E-state index contributed by atoms with van der Waals surface area (Å²) in [7, 11) is -1.66. The van der Waals surface area contributed by atoms with Crippen LogP contribution in [0.4, 0.5) is 10.8 Å². The molecule has 2 aromatic carbocycles. The van der Waals surface area contributed by atoms with Gasteiger partial charge in [0, 0.05) is 24.9 Å². The molecule has 0 aliphatic heterocycles. The van der Waals surface area contributed by atoms with Gasteiger partial charge in [-0.1, -0.05) is 11.3 Å². The van der Waals surface area contributed by atoms with Gasteiger partial charge in [-0.15, -0.1) is 10.2 Å². The first-order chi connectivity index (χ1) is 15.1. The van der Waals surface area contributed by atoms with E-state index in [1.807, 2.05) is 0 Å². The van der Waals surface area contributed by atoms with Gasteiger partial charge in [0.1, 0.15) is 6.33 Å². The minimum absolute atomic E-state index is 0.0788. The van der Waals surface area contributed by atoms with Crippen molar-refractivity contribution < 1.29 is 18.1 Å². The maximum absolute atomic E-state index is 12.7. The van der Waals surface area contributed by atoms with Gasteiger partial charge in [-0.2, -0.15) is 0 Å². The zero-order valence-corrected chi connectivity index (χ0v) is 19.0. The Kier molecular flexibility index (Phi) is 5.66. The van der Waals surface area contributed by atoms with Crippen molar-refractivity contribution in [3.63, 3.8) is 0 Å². The zero-order valence-electron chi connectivity index (χ0n) is 16.5. The molecule has 4 aromatic rings. The number of fused-ring (bicyclic) bond motifs is 1. The lowest BCUT2D eigenvalue weighted by Crippen LogP contribution is -2.12. The van der Waals surface area contributed by atoms with E-state index in [0.717, 1.165) is 29.4 Å². The minimum atomic E-state index is -3.37. The second-order valence-electron chi connectivity index (χ2n) is 6.64. The van der Waals surface area contributed by atoms with Gasteiger partial charge in [0.05, 0.1) is 24.9 Å². The molecule has 14 heteroatoms. The van der Waals surface area contributed by atoms with Crippen LogP contribution in [0.2, 0.25) is 0 Å². The molecule has 1 N–H and O–H groups in total. The number of nitrogens with zero attached hydrogens (tertiary/aromatic N) is 5. The normalized spacial score (nSPS) is 11.6. The predicted molar refractivity (Wildman–Crippen MR) is 119 cm³/mol. The number of carbonyl (C=O) groups is 1. The summed E-state index contributed by atoms with van der Waals surface area (Å²) in [6.45, 7) is 0. The molecule has 0 aliphatic carbocycles. The maximum atomic E-state index is 12.7. The molecule has 0 unspecified atom stereocenters. The van der Waals surface area contributed by atoms with Crippen molar-refractivity contribution in [1.82, 2.24) is 19.7 Å². The summed E-state index contributed by atoms with van der Waals surface area (Å²) in [5.74, 6) is -0.578. The van der Waals surface area contributed by atoms with Crippen LogP contribution < -0.4 is 5.32 Å². The highest BCUT2D eigenvalue weighted by Gasteiger charge is 2.21. The smallest absolute Gasteiger partial charge is 0.284 e. The van der Waals surface area contributed by atoms with Crippen LogP contribution in [-0.4, -0.2) is 45.3 Å². The average Bonchev–Trinajstić information content (AvgIpc) is 3.32. The van der Waals surface area contributed by atoms with Crippen LogP contribution >= 0.6 is 23.1 Å². The van der Waals surface area contributed by atoms with E-state index in [2.05, 4.69) is 20.5 Å². The third kappa shape index (κ3) is 4.46. The van der Waals surface area contributed by atoms with E-state index >= 15 is 0 Å². The molecule has 0 saturated carbocycles. The lowest BCUT2D eigenvalue weighted by molar-refractivity contribution is -0.387. The van der Waals surface area contributed by atoms with Crippen LogP contribution in [0.3, 0.4) is 0 Å². The SMILES string of the molecule is Cn1cnnc1Sc1ccc(C(=O)Nc2nc3ccc(S(C)(=O)=O)cc3s2)cc1[N+](=O)[O-]. The fourth-order valence-electron chi connectivity index (χ4n) is 2.71. The third-order valence-electron chi connectivity index (χ3n) is 4.30. The molecule has 0 aliphatic rings. The van der Waals surface area contributed by atoms with E-state index in [4.69, 9.17) is 0 Å². The van der Waals surface area contributed by atoms with E-state index in [1.54, 1.807) is 17.7 Å². The molecular formula is C18H14N6O5S3. The van der Waals surface area contributed by atoms with E-state index in [9.17, 15) is 23.3 Å². The molecule has 0 fully saturated rings. The number of aromatic nitrogens is 4. The molecule has 11 nitrogen and oxygen atoms in total. The maximum Gasteiger partial charge on any atom is 0.284 e. The second-order valence-corrected chi connectivity index (χ2v) is 10.7. The second kappa shape index (κ2) is 8.29. The Labute approximate surface area is 189 Å². The Balaban J connectivity index is 1.59. The van der Waals surface area contributed by atoms with Gasteiger partial charge in [0.2, 0.25) is 0 Å². The van der Waals surface area contributed by atoms with Crippen molar-refractivity contribution >= 4 is 59.9 Å². The van der Waals surface area contributed by atoms with E-state index in [0.29, 0.717) is 20.3 Å². The number of hydrogen-bond acceptors (Lipinski definition) is 10. The summed E-state index contributed by atoms with van der Waals surface area (Å²) in [4.78, 5) is 28.4. The van der Waals surface area contributed by atoms with Gasteiger partial charge in [0.15, 0.2) is 20.1 Å². The van der Waals surface area contributed by atoms with Crippen LogP contribution in [0.5, 0.6) is 0 Å². The summed E-state index contributed by atoms with van der Waals surface area (Å²) >= 11 is 2.17. The molecule has 164 valence electrons. The molecule has 0 saturated heterocycles. The average molecular weight is 491 g/mol. The van der Waals surface area contributed by atoms with Gasteiger partial charge >= 0.3 is 0 Å². The molecule has 0 spiro atoms. The highest BCUT2D eigenvalue weighted by Crippen LogP contribution is 2.34. The standard InChI is InChI=1S/C18H14N6O5S3/c1-23-9-19-22-18(23)31-14-6-3-10(7-13(14)24(26)27)16(25)21-17-20-12-5-4-11(32(2,28)29)8-15(12)30-17/h3-9H,1-2H3,(H,20,21,25). The monoisotopic (exact) mass is 490 g/mol. The lowest BCUT2D eigenvalue weighted by Gasteiger charge is -2.05. The van der Waals surface area contributed by atoms with Crippen LogP contribution in [0, 0.1) is 10.1 Å². The number of thiazole rings is 1. The first-order valence-corrected chi connectivity index (χ1v) is 12.4. The van der Waals surface area contributed by atoms with Gasteiger partial charge in [-0.05, 0) is 42.1 Å². The number of sulfone groups is 1. The fraction of sp³-hybridized carbons (Fsp3) is 0.111. The number of benzene rings is 2. The van der Waals surface area contributed by atoms with Crippen LogP contribution in [0.15, 0.2) is 57.7 Å². The molecule has 2 aromatic heterocycles. The van der Waals surface area contributed by atoms with Crippen molar-refractivity contribution in [1.29, 1.82) is 0 Å². The number of rotatable bonds is 6. The van der Waals surface area contributed by atoms with Gasteiger partial charge in [-0.3, -0.25) is 20.2 Å². The highest BCUT2D eigenvalue weighted by molar-refractivity contribution is 7.99. The number of aryl methyl sites for hydroxylation is 1. The quantitative estimate of drug-likeness (QED) is 0.317. The summed E-state index contributed by atoms with van der Waals surface area (Å²) < 4.78 is 25.7. The Morgan fingerprint density at radius 1 is 1.25 bits per heavy atom. The number of hydrogen-bond donors (Lipinski definition) is 1. The highest BCUT2D eigenvalue weighted by atomic mass is 32.2. The molecule has 0 radical (unpaired) electrons. The number of anilines is 1. The number of nitrogens with one attached hydrogen (secondary N) is 1. The van der Waals surface area contributed by atoms with E-state index < -0.39 is 20.7 Å². The summed E-state index contributed by atoms with van der Waals surface area (Å²) in [5.41, 5.74) is 0.363.